The Morgan fingerprint density at radius 2 is 2.00 bits per heavy atom. The molecule has 0 saturated carbocycles. The van der Waals surface area contributed by atoms with Crippen molar-refractivity contribution < 1.29 is 5.11 Å². The van der Waals surface area contributed by atoms with E-state index < -0.39 is 5.60 Å². The van der Waals surface area contributed by atoms with E-state index in [0.717, 1.165) is 19.4 Å². The summed E-state index contributed by atoms with van der Waals surface area (Å²) in [5.41, 5.74) is -0.552. The molecule has 0 spiro atoms. The number of aliphatic hydroxyl groups is 1. The van der Waals surface area contributed by atoms with E-state index in [4.69, 9.17) is 0 Å². The van der Waals surface area contributed by atoms with Gasteiger partial charge in [-0.2, -0.15) is 0 Å². The summed E-state index contributed by atoms with van der Waals surface area (Å²) in [5, 5.41) is 13.2. The second-order valence-electron chi connectivity index (χ2n) is 3.84. The fourth-order valence-corrected chi connectivity index (χ4v) is 1.13. The van der Waals surface area contributed by atoms with E-state index in [1.165, 1.54) is 0 Å². The molecule has 74 valence electrons. The van der Waals surface area contributed by atoms with Crippen molar-refractivity contribution in [2.45, 2.75) is 46.1 Å². The van der Waals surface area contributed by atoms with Gasteiger partial charge < -0.3 is 10.4 Å². The summed E-state index contributed by atoms with van der Waals surface area (Å²) in [6.07, 6.45) is 2.15. The van der Waals surface area contributed by atoms with Gasteiger partial charge in [-0.05, 0) is 25.8 Å². The molecule has 0 aliphatic carbocycles. The topological polar surface area (TPSA) is 32.3 Å². The van der Waals surface area contributed by atoms with Crippen LogP contribution in [0.5, 0.6) is 0 Å². The van der Waals surface area contributed by atoms with Gasteiger partial charge in [0.25, 0.3) is 0 Å². The molecule has 0 rings (SSSR count). The minimum atomic E-state index is -0.552. The molecule has 2 atom stereocenters. The molecule has 0 aromatic carbocycles. The van der Waals surface area contributed by atoms with Crippen LogP contribution >= 0.6 is 0 Å². The second-order valence-corrected chi connectivity index (χ2v) is 3.84. The van der Waals surface area contributed by atoms with E-state index in [2.05, 4.69) is 26.1 Å². The molecule has 0 bridgehead atoms. The first kappa shape index (κ1) is 11.9. The molecule has 0 heterocycles. The van der Waals surface area contributed by atoms with Crippen LogP contribution in [0.3, 0.4) is 0 Å². The van der Waals surface area contributed by atoms with Gasteiger partial charge in [0.15, 0.2) is 0 Å². The molecule has 2 N–H and O–H groups in total. The van der Waals surface area contributed by atoms with E-state index in [-0.39, 0.29) is 0 Å². The highest BCUT2D eigenvalue weighted by atomic mass is 16.3. The average molecular weight is 173 g/mol. The van der Waals surface area contributed by atoms with Gasteiger partial charge in [-0.1, -0.05) is 27.2 Å². The van der Waals surface area contributed by atoms with E-state index >= 15 is 0 Å². The lowest BCUT2D eigenvalue weighted by Crippen LogP contribution is -2.43. The van der Waals surface area contributed by atoms with Crippen LogP contribution < -0.4 is 5.32 Å². The number of nitrogens with one attached hydrogen (secondary N) is 1. The van der Waals surface area contributed by atoms with Crippen molar-refractivity contribution in [3.8, 4) is 0 Å². The maximum Gasteiger partial charge on any atom is 0.0768 e. The van der Waals surface area contributed by atoms with E-state index in [0.29, 0.717) is 12.5 Å². The summed E-state index contributed by atoms with van der Waals surface area (Å²) < 4.78 is 0. The Balaban J connectivity index is 3.70. The van der Waals surface area contributed by atoms with Gasteiger partial charge >= 0.3 is 0 Å². The maximum absolute atomic E-state index is 9.95. The van der Waals surface area contributed by atoms with Crippen LogP contribution in [0.2, 0.25) is 0 Å². The molecule has 0 aromatic rings. The first-order chi connectivity index (χ1) is 5.54. The predicted molar refractivity (Wildman–Crippen MR) is 53.2 cm³/mol. The number of rotatable bonds is 6. The van der Waals surface area contributed by atoms with E-state index in [1.54, 1.807) is 0 Å². The molecule has 0 radical (unpaired) electrons. The smallest absolute Gasteiger partial charge is 0.0768 e. The Labute approximate surface area is 76.4 Å². The summed E-state index contributed by atoms with van der Waals surface area (Å²) in [6.45, 7) is 9.93. The van der Waals surface area contributed by atoms with Crippen molar-refractivity contribution in [2.75, 3.05) is 13.1 Å². The molecule has 0 aliphatic heterocycles. The third-order valence-corrected chi connectivity index (χ3v) is 2.58. The molecule has 0 aromatic heterocycles. The lowest BCUT2D eigenvalue weighted by atomic mass is 9.89. The van der Waals surface area contributed by atoms with Crippen molar-refractivity contribution in [1.82, 2.24) is 5.32 Å². The summed E-state index contributed by atoms with van der Waals surface area (Å²) in [4.78, 5) is 0. The Hall–Kier alpha value is -0.0800. The molecule has 2 heteroatoms. The van der Waals surface area contributed by atoms with Crippen LogP contribution in [0.15, 0.2) is 0 Å². The lowest BCUT2D eigenvalue weighted by molar-refractivity contribution is 0.00581. The van der Waals surface area contributed by atoms with Gasteiger partial charge in [-0.25, -0.2) is 0 Å². The zero-order valence-corrected chi connectivity index (χ0v) is 8.85. The summed E-state index contributed by atoms with van der Waals surface area (Å²) in [6, 6.07) is 0. The standard InChI is InChI=1S/C10H23NO/c1-5-7-11-8-10(4,12)9(3)6-2/h9,11-12H,5-8H2,1-4H3. The molecule has 0 fully saturated rings. The monoisotopic (exact) mass is 173 g/mol. The SMILES string of the molecule is CCCNCC(C)(O)C(C)CC. The van der Waals surface area contributed by atoms with Crippen LogP contribution in [-0.4, -0.2) is 23.8 Å². The highest BCUT2D eigenvalue weighted by Crippen LogP contribution is 2.18. The van der Waals surface area contributed by atoms with Crippen LogP contribution in [0, 0.1) is 5.92 Å². The summed E-state index contributed by atoms with van der Waals surface area (Å²) in [7, 11) is 0. The van der Waals surface area contributed by atoms with Crippen molar-refractivity contribution >= 4 is 0 Å². The molecule has 0 aliphatic rings. The van der Waals surface area contributed by atoms with Gasteiger partial charge in [0.2, 0.25) is 0 Å². The molecule has 0 amide bonds. The van der Waals surface area contributed by atoms with Gasteiger partial charge in [0.05, 0.1) is 5.60 Å². The highest BCUT2D eigenvalue weighted by molar-refractivity contribution is 4.80. The average Bonchev–Trinajstić information content (AvgIpc) is 2.03. The van der Waals surface area contributed by atoms with E-state index in [1.807, 2.05) is 6.92 Å². The predicted octanol–water partition coefficient (Wildman–Crippen LogP) is 1.78. The quantitative estimate of drug-likeness (QED) is 0.600. The molecule has 12 heavy (non-hydrogen) atoms. The zero-order chi connectivity index (χ0) is 9.61. The fraction of sp³-hybridized carbons (Fsp3) is 1.00. The van der Waals surface area contributed by atoms with Crippen molar-refractivity contribution in [3.63, 3.8) is 0 Å². The third-order valence-electron chi connectivity index (χ3n) is 2.58. The van der Waals surface area contributed by atoms with Crippen LogP contribution in [-0.2, 0) is 0 Å². The zero-order valence-electron chi connectivity index (χ0n) is 8.85. The minimum absolute atomic E-state index is 0.363. The molecular formula is C10H23NO. The second kappa shape index (κ2) is 5.55. The van der Waals surface area contributed by atoms with Crippen molar-refractivity contribution in [2.24, 2.45) is 5.92 Å². The van der Waals surface area contributed by atoms with Gasteiger partial charge in [0.1, 0.15) is 0 Å². The van der Waals surface area contributed by atoms with Crippen LogP contribution in [0.1, 0.15) is 40.5 Å². The summed E-state index contributed by atoms with van der Waals surface area (Å²) in [5.74, 6) is 0.363. The van der Waals surface area contributed by atoms with Gasteiger partial charge in [0, 0.05) is 6.54 Å². The molecule has 0 saturated heterocycles. The normalized spacial score (nSPS) is 18.8. The highest BCUT2D eigenvalue weighted by Gasteiger charge is 2.25. The van der Waals surface area contributed by atoms with E-state index in [9.17, 15) is 5.11 Å². The third kappa shape index (κ3) is 4.07. The maximum atomic E-state index is 9.95. The summed E-state index contributed by atoms with van der Waals surface area (Å²) >= 11 is 0. The largest absolute Gasteiger partial charge is 0.389 e. The Morgan fingerprint density at radius 1 is 1.42 bits per heavy atom. The fourth-order valence-electron chi connectivity index (χ4n) is 1.13. The molecular weight excluding hydrogens is 150 g/mol. The first-order valence-corrected chi connectivity index (χ1v) is 4.97. The number of hydrogen-bond acceptors (Lipinski definition) is 2. The Kier molecular flexibility index (Phi) is 5.51. The molecule has 2 unspecified atom stereocenters. The van der Waals surface area contributed by atoms with Gasteiger partial charge in [-0.3, -0.25) is 0 Å². The minimum Gasteiger partial charge on any atom is -0.389 e. The molecule has 2 nitrogen and oxygen atoms in total. The van der Waals surface area contributed by atoms with Crippen LogP contribution in [0.4, 0.5) is 0 Å². The first-order valence-electron chi connectivity index (χ1n) is 4.97. The van der Waals surface area contributed by atoms with Gasteiger partial charge in [-0.15, -0.1) is 0 Å². The lowest BCUT2D eigenvalue weighted by Gasteiger charge is -2.29. The number of hydrogen-bond donors (Lipinski definition) is 2. The Bertz CT molecular complexity index is 112. The van der Waals surface area contributed by atoms with Crippen molar-refractivity contribution in [1.29, 1.82) is 0 Å². The van der Waals surface area contributed by atoms with Crippen molar-refractivity contribution in [3.05, 3.63) is 0 Å². The van der Waals surface area contributed by atoms with Crippen LogP contribution in [0.25, 0.3) is 0 Å². The Morgan fingerprint density at radius 3 is 2.42 bits per heavy atom.